The molecule has 3 saturated heterocycles. The number of benzene rings is 1. The highest BCUT2D eigenvalue weighted by molar-refractivity contribution is 5.15. The largest absolute Gasteiger partial charge is 0.334 e. The van der Waals surface area contributed by atoms with Crippen LogP contribution in [-0.4, -0.2) is 38.8 Å². The van der Waals surface area contributed by atoms with Crippen molar-refractivity contribution in [1.82, 2.24) is 0 Å². The summed E-state index contributed by atoms with van der Waals surface area (Å²) in [7, 11) is 0. The van der Waals surface area contributed by atoms with Crippen LogP contribution in [0.3, 0.4) is 0 Å². The Hall–Kier alpha value is -0.860. The molecule has 24 heavy (non-hydrogen) atoms. The first-order chi connectivity index (χ1) is 11.9. The maximum atomic E-state index is 2.31. The van der Waals surface area contributed by atoms with E-state index in [9.17, 15) is 0 Å². The molecule has 4 rings (SSSR count). The molecular formula is C22H36N2+2. The second-order valence-electron chi connectivity index (χ2n) is 8.75. The van der Waals surface area contributed by atoms with Gasteiger partial charge in [-0.15, -0.1) is 0 Å². The van der Waals surface area contributed by atoms with Gasteiger partial charge in [0.1, 0.15) is 0 Å². The van der Waals surface area contributed by atoms with Gasteiger partial charge in [-0.3, -0.25) is 0 Å². The Kier molecular flexibility index (Phi) is 5.54. The van der Waals surface area contributed by atoms with E-state index in [1.54, 1.807) is 5.56 Å². The summed E-state index contributed by atoms with van der Waals surface area (Å²) >= 11 is 0. The van der Waals surface area contributed by atoms with Gasteiger partial charge in [0, 0.05) is 6.42 Å². The predicted octanol–water partition coefficient (Wildman–Crippen LogP) is 1.37. The van der Waals surface area contributed by atoms with Gasteiger partial charge in [-0.05, 0) is 56.4 Å². The fourth-order valence-electron chi connectivity index (χ4n) is 5.83. The van der Waals surface area contributed by atoms with Crippen molar-refractivity contribution in [2.45, 2.75) is 57.4 Å². The molecule has 0 saturated carbocycles. The Bertz CT molecular complexity index is 490. The summed E-state index contributed by atoms with van der Waals surface area (Å²) in [6, 6.07) is 12.1. The molecule has 2 nitrogen and oxygen atoms in total. The van der Waals surface area contributed by atoms with Crippen molar-refractivity contribution in [3.63, 3.8) is 0 Å². The molecule has 1 unspecified atom stereocenters. The Morgan fingerprint density at radius 3 is 2.42 bits per heavy atom. The first-order valence-corrected chi connectivity index (χ1v) is 10.6. The third-order valence-corrected chi connectivity index (χ3v) is 7.16. The quantitative estimate of drug-likeness (QED) is 0.826. The number of hydrogen-bond acceptors (Lipinski definition) is 0. The van der Waals surface area contributed by atoms with E-state index in [-0.39, 0.29) is 0 Å². The van der Waals surface area contributed by atoms with Crippen LogP contribution in [0.2, 0.25) is 0 Å². The van der Waals surface area contributed by atoms with Crippen LogP contribution in [-0.2, 0) is 6.42 Å². The highest BCUT2D eigenvalue weighted by Crippen LogP contribution is 2.20. The van der Waals surface area contributed by atoms with Crippen LogP contribution in [0.5, 0.6) is 0 Å². The molecule has 3 atom stereocenters. The maximum absolute atomic E-state index is 2.31. The van der Waals surface area contributed by atoms with Crippen LogP contribution in [0.4, 0.5) is 0 Å². The van der Waals surface area contributed by atoms with E-state index in [4.69, 9.17) is 0 Å². The summed E-state index contributed by atoms with van der Waals surface area (Å²) < 4.78 is 0. The van der Waals surface area contributed by atoms with Crippen molar-refractivity contribution < 1.29 is 9.80 Å². The zero-order chi connectivity index (χ0) is 16.2. The fraction of sp³-hybridized carbons (Fsp3) is 0.727. The average molecular weight is 329 g/mol. The maximum Gasteiger partial charge on any atom is 0.0957 e. The summed E-state index contributed by atoms with van der Waals surface area (Å²) in [5.74, 6) is 1.95. The van der Waals surface area contributed by atoms with Crippen molar-refractivity contribution in [3.8, 4) is 0 Å². The van der Waals surface area contributed by atoms with E-state index in [1.165, 1.54) is 84.1 Å². The summed E-state index contributed by atoms with van der Waals surface area (Å²) in [5, 5.41) is 0. The lowest BCUT2D eigenvalue weighted by molar-refractivity contribution is -0.954. The summed E-state index contributed by atoms with van der Waals surface area (Å²) in [6.45, 7) is 7.27. The fourth-order valence-corrected chi connectivity index (χ4v) is 5.83. The monoisotopic (exact) mass is 328 g/mol. The topological polar surface area (TPSA) is 8.88 Å². The molecule has 0 aliphatic carbocycles. The van der Waals surface area contributed by atoms with Crippen LogP contribution in [0, 0.1) is 11.8 Å². The summed E-state index contributed by atoms with van der Waals surface area (Å²) in [5.41, 5.74) is 1.54. The molecule has 1 aromatic carbocycles. The highest BCUT2D eigenvalue weighted by atomic mass is 15.2. The van der Waals surface area contributed by atoms with Gasteiger partial charge in [0.15, 0.2) is 0 Å². The molecule has 0 aromatic heterocycles. The molecule has 2 N–H and O–H groups in total. The Labute approximate surface area is 148 Å². The smallest absolute Gasteiger partial charge is 0.0957 e. The van der Waals surface area contributed by atoms with Gasteiger partial charge in [-0.2, -0.15) is 0 Å². The number of quaternary nitrogens is 2. The summed E-state index contributed by atoms with van der Waals surface area (Å²) in [6.07, 6.45) is 11.7. The average Bonchev–Trinajstić information content (AvgIpc) is 2.65. The normalized spacial score (nSPS) is 36.9. The van der Waals surface area contributed by atoms with Crippen molar-refractivity contribution in [1.29, 1.82) is 0 Å². The van der Waals surface area contributed by atoms with Gasteiger partial charge < -0.3 is 9.80 Å². The lowest BCUT2D eigenvalue weighted by atomic mass is 9.82. The number of likely N-dealkylation sites (tertiary alicyclic amines) is 1. The van der Waals surface area contributed by atoms with Crippen molar-refractivity contribution in [2.75, 3.05) is 32.7 Å². The van der Waals surface area contributed by atoms with Gasteiger partial charge in [0.2, 0.25) is 0 Å². The molecule has 1 aromatic rings. The molecule has 3 heterocycles. The molecular weight excluding hydrogens is 292 g/mol. The molecule has 3 fully saturated rings. The minimum absolute atomic E-state index is 0.930. The minimum Gasteiger partial charge on any atom is -0.334 e. The van der Waals surface area contributed by atoms with E-state index in [2.05, 4.69) is 30.3 Å². The van der Waals surface area contributed by atoms with E-state index in [0.717, 1.165) is 17.9 Å². The molecule has 0 amide bonds. The first kappa shape index (κ1) is 16.6. The molecule has 0 spiro atoms. The zero-order valence-electron chi connectivity index (χ0n) is 15.3. The van der Waals surface area contributed by atoms with Crippen LogP contribution < -0.4 is 9.80 Å². The Balaban J connectivity index is 1.25. The van der Waals surface area contributed by atoms with Gasteiger partial charge in [0.25, 0.3) is 0 Å². The van der Waals surface area contributed by atoms with E-state index in [1.807, 2.05) is 9.80 Å². The van der Waals surface area contributed by atoms with E-state index < -0.39 is 0 Å². The molecule has 0 radical (unpaired) electrons. The Morgan fingerprint density at radius 2 is 1.58 bits per heavy atom. The Morgan fingerprint density at radius 1 is 0.792 bits per heavy atom. The minimum atomic E-state index is 0.930. The van der Waals surface area contributed by atoms with Gasteiger partial charge in [0.05, 0.1) is 44.7 Å². The highest BCUT2D eigenvalue weighted by Gasteiger charge is 2.39. The van der Waals surface area contributed by atoms with Gasteiger partial charge >= 0.3 is 0 Å². The van der Waals surface area contributed by atoms with E-state index >= 15 is 0 Å². The number of nitrogens with one attached hydrogen (secondary N) is 2. The van der Waals surface area contributed by atoms with Crippen LogP contribution >= 0.6 is 0 Å². The van der Waals surface area contributed by atoms with Crippen molar-refractivity contribution in [3.05, 3.63) is 35.9 Å². The van der Waals surface area contributed by atoms with Crippen molar-refractivity contribution >= 4 is 0 Å². The van der Waals surface area contributed by atoms with Crippen molar-refractivity contribution in [2.24, 2.45) is 11.8 Å². The van der Waals surface area contributed by atoms with Gasteiger partial charge in [-0.25, -0.2) is 0 Å². The first-order valence-electron chi connectivity index (χ1n) is 10.6. The molecule has 3 aliphatic heterocycles. The van der Waals surface area contributed by atoms with E-state index in [0.29, 0.717) is 0 Å². The number of rotatable bonds is 4. The second-order valence-corrected chi connectivity index (χ2v) is 8.75. The second kappa shape index (κ2) is 8.01. The third kappa shape index (κ3) is 4.03. The standard InChI is InChI=1S/C22H34N2/c1-2-7-19(8-3-1)17-20-11-15-23(16-12-20)18-21-9-6-14-24-13-5-4-10-22(21)24/h1-3,7-8,20-22H,4-6,9-18H2/p+2/t21-,22+/m0/s1. The van der Waals surface area contributed by atoms with Crippen LogP contribution in [0.1, 0.15) is 50.5 Å². The molecule has 3 aliphatic rings. The van der Waals surface area contributed by atoms with Crippen LogP contribution in [0.15, 0.2) is 30.3 Å². The molecule has 132 valence electrons. The number of piperidine rings is 3. The number of hydrogen-bond donors (Lipinski definition) is 2. The zero-order valence-corrected chi connectivity index (χ0v) is 15.3. The third-order valence-electron chi connectivity index (χ3n) is 7.16. The number of fused-ring (bicyclic) bond motifs is 1. The molecule has 0 bridgehead atoms. The predicted molar refractivity (Wildman–Crippen MR) is 99.5 cm³/mol. The lowest BCUT2D eigenvalue weighted by Crippen LogP contribution is -3.20. The summed E-state index contributed by atoms with van der Waals surface area (Å²) in [4.78, 5) is 3.90. The van der Waals surface area contributed by atoms with Crippen LogP contribution in [0.25, 0.3) is 0 Å². The SMILES string of the molecule is c1ccc(CC2CC[NH+](C[C@@H]3CCC[NH+]4CCCC[C@H]34)CC2)cc1. The molecule has 2 heteroatoms. The van der Waals surface area contributed by atoms with Gasteiger partial charge in [-0.1, -0.05) is 30.3 Å². The lowest BCUT2D eigenvalue weighted by Gasteiger charge is -2.42.